The molecule has 1 atom stereocenters. The molecule has 1 N–H and O–H groups in total. The zero-order valence-electron chi connectivity index (χ0n) is 14.3. The van der Waals surface area contributed by atoms with Crippen LogP contribution in [0.3, 0.4) is 0 Å². The van der Waals surface area contributed by atoms with Crippen molar-refractivity contribution in [2.45, 2.75) is 32.7 Å². The van der Waals surface area contributed by atoms with Crippen molar-refractivity contribution in [2.24, 2.45) is 11.0 Å². The first-order valence-corrected chi connectivity index (χ1v) is 9.24. The first-order valence-electron chi connectivity index (χ1n) is 8.36. The molecule has 3 rings (SSSR count). The lowest BCUT2D eigenvalue weighted by molar-refractivity contribution is -0.119. The Morgan fingerprint density at radius 3 is 2.56 bits per heavy atom. The third kappa shape index (κ3) is 3.96. The number of nitrogens with one attached hydrogen (secondary N) is 1. The molecular formula is C19H21N3O2S. The van der Waals surface area contributed by atoms with Crippen LogP contribution in [-0.2, 0) is 9.59 Å². The van der Waals surface area contributed by atoms with Crippen molar-refractivity contribution in [1.82, 2.24) is 5.32 Å². The molecule has 0 saturated heterocycles. The lowest BCUT2D eigenvalue weighted by Gasteiger charge is -2.25. The average Bonchev–Trinajstić information content (AvgIpc) is 3.14. The van der Waals surface area contributed by atoms with Gasteiger partial charge >= 0.3 is 0 Å². The number of thiophene rings is 1. The van der Waals surface area contributed by atoms with Crippen LogP contribution in [0.5, 0.6) is 0 Å². The Hall–Kier alpha value is -2.47. The van der Waals surface area contributed by atoms with E-state index in [4.69, 9.17) is 0 Å². The lowest BCUT2D eigenvalue weighted by atomic mass is 10.0. The molecule has 0 saturated carbocycles. The van der Waals surface area contributed by atoms with E-state index in [0.29, 0.717) is 17.8 Å². The summed E-state index contributed by atoms with van der Waals surface area (Å²) in [6, 6.07) is 13.1. The van der Waals surface area contributed by atoms with E-state index < -0.39 is 0 Å². The van der Waals surface area contributed by atoms with Crippen LogP contribution >= 0.6 is 11.3 Å². The number of amides is 2. The molecule has 0 radical (unpaired) electrons. The normalized spacial score (nSPS) is 15.9. The quantitative estimate of drug-likeness (QED) is 0.888. The van der Waals surface area contributed by atoms with Crippen LogP contribution in [0.4, 0.5) is 5.69 Å². The van der Waals surface area contributed by atoms with Crippen LogP contribution in [0, 0.1) is 5.92 Å². The molecule has 6 heteroatoms. The number of rotatable bonds is 5. The number of nitrogens with zero attached hydrogens (tertiary/aromatic N) is 2. The van der Waals surface area contributed by atoms with Crippen LogP contribution < -0.4 is 10.3 Å². The number of hydrazone groups is 1. The first-order chi connectivity index (χ1) is 12.1. The van der Waals surface area contributed by atoms with E-state index >= 15 is 0 Å². The predicted octanol–water partition coefficient (Wildman–Crippen LogP) is 3.74. The van der Waals surface area contributed by atoms with Crippen molar-refractivity contribution in [3.8, 4) is 0 Å². The molecule has 0 aliphatic carbocycles. The van der Waals surface area contributed by atoms with Crippen LogP contribution in [0.2, 0.25) is 0 Å². The standard InChI is InChI=1S/C19H21N3O2S/c1-13(2)18(16-9-6-12-25-16)20-19(24)15-10-11-17(23)22(21-15)14-7-4-3-5-8-14/h3-9,12-13,18H,10-11H2,1-2H3,(H,20,24)/t18-/m1/s1. The highest BCUT2D eigenvalue weighted by Gasteiger charge is 2.28. The molecule has 0 bridgehead atoms. The van der Waals surface area contributed by atoms with E-state index in [-0.39, 0.29) is 30.2 Å². The number of benzene rings is 1. The Morgan fingerprint density at radius 2 is 1.92 bits per heavy atom. The lowest BCUT2D eigenvalue weighted by Crippen LogP contribution is -2.41. The molecule has 130 valence electrons. The zero-order chi connectivity index (χ0) is 17.8. The molecule has 2 heterocycles. The number of hydrogen-bond acceptors (Lipinski definition) is 4. The van der Waals surface area contributed by atoms with Gasteiger partial charge in [0.15, 0.2) is 0 Å². The van der Waals surface area contributed by atoms with E-state index in [1.165, 1.54) is 5.01 Å². The molecule has 1 aliphatic heterocycles. The van der Waals surface area contributed by atoms with Gasteiger partial charge in [-0.05, 0) is 29.5 Å². The van der Waals surface area contributed by atoms with E-state index in [1.54, 1.807) is 11.3 Å². The predicted molar refractivity (Wildman–Crippen MR) is 101 cm³/mol. The van der Waals surface area contributed by atoms with E-state index in [9.17, 15) is 9.59 Å². The first kappa shape index (κ1) is 17.4. The number of hydrogen-bond donors (Lipinski definition) is 1. The van der Waals surface area contributed by atoms with Gasteiger partial charge in [-0.2, -0.15) is 5.10 Å². The summed E-state index contributed by atoms with van der Waals surface area (Å²) in [5, 5.41) is 10.7. The van der Waals surface area contributed by atoms with Gasteiger partial charge in [0.25, 0.3) is 5.91 Å². The fourth-order valence-electron chi connectivity index (χ4n) is 2.75. The van der Waals surface area contributed by atoms with Crippen LogP contribution in [0.1, 0.15) is 37.6 Å². The van der Waals surface area contributed by atoms with Gasteiger partial charge in [-0.15, -0.1) is 11.3 Å². The number of carbonyl (C=O) groups is 2. The summed E-state index contributed by atoms with van der Waals surface area (Å²) in [5.74, 6) is -0.0411. The van der Waals surface area contributed by atoms with Gasteiger partial charge in [-0.3, -0.25) is 9.59 Å². The van der Waals surface area contributed by atoms with Crippen molar-refractivity contribution >= 4 is 34.6 Å². The van der Waals surface area contributed by atoms with Gasteiger partial charge in [0.1, 0.15) is 5.71 Å². The summed E-state index contributed by atoms with van der Waals surface area (Å²) in [5.41, 5.74) is 1.07. The molecule has 1 aromatic carbocycles. The van der Waals surface area contributed by atoms with E-state index in [1.807, 2.05) is 47.8 Å². The minimum Gasteiger partial charge on any atom is -0.343 e. The molecule has 5 nitrogen and oxygen atoms in total. The molecule has 1 aromatic heterocycles. The van der Waals surface area contributed by atoms with Crippen molar-refractivity contribution in [3.05, 3.63) is 52.7 Å². The van der Waals surface area contributed by atoms with Crippen LogP contribution in [-0.4, -0.2) is 17.5 Å². The second kappa shape index (κ2) is 7.61. The summed E-state index contributed by atoms with van der Waals surface area (Å²) in [7, 11) is 0. The number of anilines is 1. The SMILES string of the molecule is CC(C)[C@@H](NC(=O)C1=NN(c2ccccc2)C(=O)CC1)c1cccs1. The minimum absolute atomic E-state index is 0.0574. The largest absolute Gasteiger partial charge is 0.343 e. The maximum absolute atomic E-state index is 12.7. The Bertz CT molecular complexity index is 769. The maximum atomic E-state index is 12.7. The molecular weight excluding hydrogens is 334 g/mol. The van der Waals surface area contributed by atoms with Crippen molar-refractivity contribution in [1.29, 1.82) is 0 Å². The molecule has 25 heavy (non-hydrogen) atoms. The van der Waals surface area contributed by atoms with Crippen molar-refractivity contribution in [3.63, 3.8) is 0 Å². The summed E-state index contributed by atoms with van der Waals surface area (Å²) >= 11 is 1.63. The van der Waals surface area contributed by atoms with Crippen LogP contribution in [0.25, 0.3) is 0 Å². The third-order valence-corrected chi connectivity index (χ3v) is 5.05. The van der Waals surface area contributed by atoms with E-state index in [2.05, 4.69) is 24.3 Å². The summed E-state index contributed by atoms with van der Waals surface area (Å²) in [6.45, 7) is 4.15. The maximum Gasteiger partial charge on any atom is 0.268 e. The van der Waals surface area contributed by atoms with Crippen molar-refractivity contribution in [2.75, 3.05) is 5.01 Å². The van der Waals surface area contributed by atoms with E-state index in [0.717, 1.165) is 4.88 Å². The molecule has 0 unspecified atom stereocenters. The molecule has 0 spiro atoms. The molecule has 0 fully saturated rings. The molecule has 1 aliphatic rings. The summed E-state index contributed by atoms with van der Waals surface area (Å²) < 4.78 is 0. The highest BCUT2D eigenvalue weighted by atomic mass is 32.1. The minimum atomic E-state index is -0.208. The van der Waals surface area contributed by atoms with Gasteiger partial charge in [-0.25, -0.2) is 5.01 Å². The Kier molecular flexibility index (Phi) is 5.28. The Morgan fingerprint density at radius 1 is 1.16 bits per heavy atom. The number of carbonyl (C=O) groups excluding carboxylic acids is 2. The van der Waals surface area contributed by atoms with Gasteiger partial charge in [0.2, 0.25) is 5.91 Å². The fraction of sp³-hybridized carbons (Fsp3) is 0.316. The van der Waals surface area contributed by atoms with Gasteiger partial charge < -0.3 is 5.32 Å². The topological polar surface area (TPSA) is 61.8 Å². The number of para-hydroxylation sites is 1. The van der Waals surface area contributed by atoms with Gasteiger partial charge in [0.05, 0.1) is 11.7 Å². The zero-order valence-corrected chi connectivity index (χ0v) is 15.1. The Labute approximate surface area is 151 Å². The highest BCUT2D eigenvalue weighted by Crippen LogP contribution is 2.26. The highest BCUT2D eigenvalue weighted by molar-refractivity contribution is 7.10. The fourth-order valence-corrected chi connectivity index (χ4v) is 3.70. The van der Waals surface area contributed by atoms with Crippen molar-refractivity contribution < 1.29 is 9.59 Å². The molecule has 2 amide bonds. The second-order valence-electron chi connectivity index (χ2n) is 6.30. The smallest absolute Gasteiger partial charge is 0.268 e. The van der Waals surface area contributed by atoms with Gasteiger partial charge in [-0.1, -0.05) is 38.1 Å². The Balaban J connectivity index is 1.80. The van der Waals surface area contributed by atoms with Crippen LogP contribution in [0.15, 0.2) is 52.9 Å². The molecule has 2 aromatic rings. The summed E-state index contributed by atoms with van der Waals surface area (Å²) in [4.78, 5) is 26.0. The third-order valence-electron chi connectivity index (χ3n) is 4.10. The monoisotopic (exact) mass is 355 g/mol. The van der Waals surface area contributed by atoms with Gasteiger partial charge in [0, 0.05) is 17.7 Å². The second-order valence-corrected chi connectivity index (χ2v) is 7.28. The summed E-state index contributed by atoms with van der Waals surface area (Å²) in [6.07, 6.45) is 0.649. The average molecular weight is 355 g/mol.